The molecule has 1 nitrogen and oxygen atoms in total. The average molecular weight is 208 g/mol. The van der Waals surface area contributed by atoms with Crippen molar-refractivity contribution in [1.29, 1.82) is 0 Å². The lowest BCUT2D eigenvalue weighted by molar-refractivity contribution is 0.242. The molecule has 0 heterocycles. The normalized spacial score (nSPS) is 10.3. The standard InChI is InChI=1S/C12H16OS/c1-5-10-6-11(13-9(2)3)8-12(7-10)14-4/h5-9H,1H2,2-4H3. The minimum atomic E-state index is 0.213. The van der Waals surface area contributed by atoms with Gasteiger partial charge in [-0.3, -0.25) is 0 Å². The Hall–Kier alpha value is -0.890. The topological polar surface area (TPSA) is 9.23 Å². The van der Waals surface area contributed by atoms with Crippen molar-refractivity contribution in [2.45, 2.75) is 24.8 Å². The van der Waals surface area contributed by atoms with Crippen LogP contribution in [0.3, 0.4) is 0 Å². The molecule has 0 aliphatic rings. The molecule has 0 unspecified atom stereocenters. The highest BCUT2D eigenvalue weighted by atomic mass is 32.2. The van der Waals surface area contributed by atoms with Crippen molar-refractivity contribution in [2.24, 2.45) is 0 Å². The van der Waals surface area contributed by atoms with Gasteiger partial charge in [0.05, 0.1) is 6.10 Å². The van der Waals surface area contributed by atoms with Crippen LogP contribution >= 0.6 is 11.8 Å². The van der Waals surface area contributed by atoms with Crippen LogP contribution in [0.5, 0.6) is 5.75 Å². The molecule has 2 heteroatoms. The summed E-state index contributed by atoms with van der Waals surface area (Å²) in [4.78, 5) is 1.21. The Morgan fingerprint density at radius 3 is 2.57 bits per heavy atom. The molecule has 0 fully saturated rings. The summed E-state index contributed by atoms with van der Waals surface area (Å²) in [6.45, 7) is 7.82. The molecule has 0 spiro atoms. The lowest BCUT2D eigenvalue weighted by atomic mass is 10.2. The van der Waals surface area contributed by atoms with Crippen LogP contribution in [0.4, 0.5) is 0 Å². The Morgan fingerprint density at radius 2 is 2.07 bits per heavy atom. The molecule has 0 bridgehead atoms. The first-order chi connectivity index (χ1) is 6.65. The molecule has 0 aliphatic carbocycles. The van der Waals surface area contributed by atoms with Crippen LogP contribution in [0, 0.1) is 0 Å². The SMILES string of the molecule is C=Cc1cc(OC(C)C)cc(SC)c1. The maximum Gasteiger partial charge on any atom is 0.121 e. The number of rotatable bonds is 4. The van der Waals surface area contributed by atoms with Gasteiger partial charge in [-0.1, -0.05) is 12.7 Å². The van der Waals surface area contributed by atoms with E-state index in [1.165, 1.54) is 4.90 Å². The van der Waals surface area contributed by atoms with Gasteiger partial charge in [0.1, 0.15) is 5.75 Å². The van der Waals surface area contributed by atoms with E-state index in [9.17, 15) is 0 Å². The van der Waals surface area contributed by atoms with Gasteiger partial charge in [-0.25, -0.2) is 0 Å². The van der Waals surface area contributed by atoms with Gasteiger partial charge in [0.25, 0.3) is 0 Å². The molecule has 0 N–H and O–H groups in total. The third-order valence-corrected chi connectivity index (χ3v) is 2.45. The van der Waals surface area contributed by atoms with Crippen LogP contribution in [-0.4, -0.2) is 12.4 Å². The van der Waals surface area contributed by atoms with Crippen molar-refractivity contribution in [3.8, 4) is 5.75 Å². The zero-order valence-corrected chi connectivity index (χ0v) is 9.73. The molecule has 0 aliphatic heterocycles. The molecule has 0 aromatic heterocycles. The highest BCUT2D eigenvalue weighted by Crippen LogP contribution is 2.25. The van der Waals surface area contributed by atoms with Crippen molar-refractivity contribution < 1.29 is 4.74 Å². The highest BCUT2D eigenvalue weighted by molar-refractivity contribution is 7.98. The van der Waals surface area contributed by atoms with Gasteiger partial charge in [-0.15, -0.1) is 11.8 Å². The summed E-state index contributed by atoms with van der Waals surface area (Å²) >= 11 is 1.71. The molecule has 0 radical (unpaired) electrons. The van der Waals surface area contributed by atoms with Crippen molar-refractivity contribution in [3.63, 3.8) is 0 Å². The fourth-order valence-corrected chi connectivity index (χ4v) is 1.66. The average Bonchev–Trinajstić information content (AvgIpc) is 2.16. The van der Waals surface area contributed by atoms with Crippen molar-refractivity contribution in [1.82, 2.24) is 0 Å². The van der Waals surface area contributed by atoms with Gasteiger partial charge in [0.2, 0.25) is 0 Å². The van der Waals surface area contributed by atoms with Crippen LogP contribution in [0.25, 0.3) is 6.08 Å². The predicted octanol–water partition coefficient (Wildman–Crippen LogP) is 3.84. The van der Waals surface area contributed by atoms with Gasteiger partial charge in [-0.2, -0.15) is 0 Å². The summed E-state index contributed by atoms with van der Waals surface area (Å²) in [5, 5.41) is 0. The van der Waals surface area contributed by atoms with Crippen molar-refractivity contribution in [2.75, 3.05) is 6.26 Å². The molecule has 1 aromatic rings. The summed E-state index contributed by atoms with van der Waals surface area (Å²) in [6, 6.07) is 6.16. The Bertz CT molecular complexity index is 318. The first-order valence-electron chi connectivity index (χ1n) is 4.64. The second-order valence-electron chi connectivity index (χ2n) is 3.31. The second-order valence-corrected chi connectivity index (χ2v) is 4.19. The predicted molar refractivity (Wildman–Crippen MR) is 64.1 cm³/mol. The van der Waals surface area contributed by atoms with Crippen LogP contribution < -0.4 is 4.74 Å². The van der Waals surface area contributed by atoms with E-state index in [1.807, 2.05) is 26.0 Å². The summed E-state index contributed by atoms with van der Waals surface area (Å²) in [7, 11) is 0. The quantitative estimate of drug-likeness (QED) is 0.695. The fourth-order valence-electron chi connectivity index (χ4n) is 1.17. The van der Waals surface area contributed by atoms with E-state index < -0.39 is 0 Å². The second kappa shape index (κ2) is 5.11. The molecule has 14 heavy (non-hydrogen) atoms. The Morgan fingerprint density at radius 1 is 1.36 bits per heavy atom. The van der Waals surface area contributed by atoms with E-state index in [1.54, 1.807) is 11.8 Å². The zero-order valence-electron chi connectivity index (χ0n) is 8.91. The lowest BCUT2D eigenvalue weighted by Crippen LogP contribution is -2.05. The number of hydrogen-bond donors (Lipinski definition) is 0. The van der Waals surface area contributed by atoms with Crippen LogP contribution in [0.2, 0.25) is 0 Å². The molecule has 1 aromatic carbocycles. The minimum absolute atomic E-state index is 0.213. The van der Waals surface area contributed by atoms with E-state index in [4.69, 9.17) is 4.74 Å². The number of benzene rings is 1. The third-order valence-electron chi connectivity index (χ3n) is 1.75. The summed E-state index contributed by atoms with van der Waals surface area (Å²) in [5.74, 6) is 0.918. The van der Waals surface area contributed by atoms with Gasteiger partial charge in [-0.05, 0) is 43.9 Å². The number of ether oxygens (including phenoxy) is 1. The fraction of sp³-hybridized carbons (Fsp3) is 0.333. The lowest BCUT2D eigenvalue weighted by Gasteiger charge is -2.11. The summed E-state index contributed by atoms with van der Waals surface area (Å²) < 4.78 is 5.64. The van der Waals surface area contributed by atoms with E-state index in [2.05, 4.69) is 25.0 Å². The van der Waals surface area contributed by atoms with E-state index in [0.717, 1.165) is 11.3 Å². The highest BCUT2D eigenvalue weighted by Gasteiger charge is 2.01. The van der Waals surface area contributed by atoms with Gasteiger partial charge in [0, 0.05) is 4.90 Å². The largest absolute Gasteiger partial charge is 0.491 e. The Labute approximate surface area is 90.2 Å². The molecule has 0 atom stereocenters. The molecule has 0 saturated carbocycles. The molecular formula is C12H16OS. The first-order valence-corrected chi connectivity index (χ1v) is 5.86. The zero-order chi connectivity index (χ0) is 10.6. The monoisotopic (exact) mass is 208 g/mol. The summed E-state index contributed by atoms with van der Waals surface area (Å²) in [5.41, 5.74) is 1.10. The summed E-state index contributed by atoms with van der Waals surface area (Å²) in [6.07, 6.45) is 4.11. The Balaban J connectivity index is 2.98. The number of hydrogen-bond acceptors (Lipinski definition) is 2. The Kier molecular flexibility index (Phi) is 4.08. The smallest absolute Gasteiger partial charge is 0.121 e. The number of thioether (sulfide) groups is 1. The maximum absolute atomic E-state index is 5.64. The minimum Gasteiger partial charge on any atom is -0.491 e. The van der Waals surface area contributed by atoms with Gasteiger partial charge in [0.15, 0.2) is 0 Å². The van der Waals surface area contributed by atoms with Gasteiger partial charge >= 0.3 is 0 Å². The molecular weight excluding hydrogens is 192 g/mol. The van der Waals surface area contributed by atoms with E-state index >= 15 is 0 Å². The molecule has 76 valence electrons. The van der Waals surface area contributed by atoms with Crippen molar-refractivity contribution >= 4 is 17.8 Å². The maximum atomic E-state index is 5.64. The first kappa shape index (κ1) is 11.2. The molecule has 1 rings (SSSR count). The van der Waals surface area contributed by atoms with Crippen molar-refractivity contribution in [3.05, 3.63) is 30.3 Å². The van der Waals surface area contributed by atoms with Crippen LogP contribution in [-0.2, 0) is 0 Å². The molecule has 0 amide bonds. The van der Waals surface area contributed by atoms with Gasteiger partial charge < -0.3 is 4.74 Å². The van der Waals surface area contributed by atoms with Crippen LogP contribution in [0.1, 0.15) is 19.4 Å². The van der Waals surface area contributed by atoms with Crippen LogP contribution in [0.15, 0.2) is 29.7 Å². The van der Waals surface area contributed by atoms with E-state index in [-0.39, 0.29) is 6.10 Å². The third kappa shape index (κ3) is 3.11. The van der Waals surface area contributed by atoms with E-state index in [0.29, 0.717) is 0 Å². The molecule has 0 saturated heterocycles.